The van der Waals surface area contributed by atoms with Crippen LogP contribution < -0.4 is 5.32 Å². The van der Waals surface area contributed by atoms with Gasteiger partial charge in [-0.05, 0) is 59.1 Å². The lowest BCUT2D eigenvalue weighted by molar-refractivity contribution is -0.0626. The number of aromatic nitrogens is 3. The van der Waals surface area contributed by atoms with Crippen LogP contribution in [0.1, 0.15) is 46.6 Å². The van der Waals surface area contributed by atoms with Crippen molar-refractivity contribution in [2.24, 2.45) is 0 Å². The van der Waals surface area contributed by atoms with Crippen molar-refractivity contribution in [1.82, 2.24) is 19.9 Å². The molecular weight excluding hydrogens is 406 g/mol. The van der Waals surface area contributed by atoms with Crippen LogP contribution in [0.15, 0.2) is 30.7 Å². The van der Waals surface area contributed by atoms with E-state index in [1.165, 1.54) is 12.4 Å². The summed E-state index contributed by atoms with van der Waals surface area (Å²) in [6.45, 7) is 9.84. The number of rotatable bonds is 5. The van der Waals surface area contributed by atoms with Crippen molar-refractivity contribution < 1.29 is 14.3 Å². The average molecular weight is 434 g/mol. The molecule has 3 heterocycles. The standard InChI is InChI=1S/C21H28ClN5O3/c1-20(2,3)30-19(28)27-16(13-29-21(27,4)5)8-6-14-7-9-17(23-10-14)26-18-24-11-15(22)12-25-18/h7,9-12,16H,6,8,13H2,1-5H3,(H,23,24,25,26). The van der Waals surface area contributed by atoms with Crippen molar-refractivity contribution in [1.29, 1.82) is 0 Å². The molecule has 9 heteroatoms. The molecule has 0 saturated carbocycles. The summed E-state index contributed by atoms with van der Waals surface area (Å²) in [5.41, 5.74) is -0.190. The molecule has 1 N–H and O–H groups in total. The number of aryl methyl sites for hydroxylation is 1. The first-order valence-electron chi connectivity index (χ1n) is 9.89. The van der Waals surface area contributed by atoms with Gasteiger partial charge in [-0.2, -0.15) is 0 Å². The highest BCUT2D eigenvalue weighted by atomic mass is 35.5. The van der Waals surface area contributed by atoms with Crippen molar-refractivity contribution in [3.8, 4) is 0 Å². The second kappa shape index (κ2) is 8.73. The Balaban J connectivity index is 1.59. The van der Waals surface area contributed by atoms with E-state index in [-0.39, 0.29) is 12.1 Å². The molecule has 1 saturated heterocycles. The quantitative estimate of drug-likeness (QED) is 0.738. The molecule has 8 nitrogen and oxygen atoms in total. The van der Waals surface area contributed by atoms with Crippen molar-refractivity contribution in [2.75, 3.05) is 11.9 Å². The molecule has 162 valence electrons. The number of halogens is 1. The second-order valence-corrected chi connectivity index (χ2v) is 9.14. The number of hydrogen-bond acceptors (Lipinski definition) is 7. The fraction of sp³-hybridized carbons (Fsp3) is 0.524. The minimum Gasteiger partial charge on any atom is -0.444 e. The molecule has 2 aromatic heterocycles. The van der Waals surface area contributed by atoms with E-state index in [2.05, 4.69) is 20.3 Å². The molecule has 3 rings (SSSR count). The summed E-state index contributed by atoms with van der Waals surface area (Å²) in [7, 11) is 0. The first-order chi connectivity index (χ1) is 14.0. The van der Waals surface area contributed by atoms with Gasteiger partial charge >= 0.3 is 6.09 Å². The summed E-state index contributed by atoms with van der Waals surface area (Å²) in [5.74, 6) is 1.07. The highest BCUT2D eigenvalue weighted by Crippen LogP contribution is 2.31. The lowest BCUT2D eigenvalue weighted by Crippen LogP contribution is -2.49. The maximum atomic E-state index is 12.7. The van der Waals surface area contributed by atoms with Crippen LogP contribution in [-0.2, 0) is 15.9 Å². The van der Waals surface area contributed by atoms with E-state index in [0.717, 1.165) is 18.4 Å². The number of pyridine rings is 1. The van der Waals surface area contributed by atoms with Gasteiger partial charge in [0, 0.05) is 6.20 Å². The summed E-state index contributed by atoms with van der Waals surface area (Å²) < 4.78 is 11.4. The third-order valence-corrected chi connectivity index (χ3v) is 4.81. The van der Waals surface area contributed by atoms with Crippen LogP contribution in [0.3, 0.4) is 0 Å². The Morgan fingerprint density at radius 1 is 1.27 bits per heavy atom. The molecule has 30 heavy (non-hydrogen) atoms. The van der Waals surface area contributed by atoms with Crippen LogP contribution in [0.2, 0.25) is 5.02 Å². The molecule has 0 bridgehead atoms. The van der Waals surface area contributed by atoms with Crippen LogP contribution in [0.4, 0.5) is 16.6 Å². The van der Waals surface area contributed by atoms with Crippen LogP contribution in [0.5, 0.6) is 0 Å². The van der Waals surface area contributed by atoms with Crippen molar-refractivity contribution in [3.63, 3.8) is 0 Å². The number of carbonyl (C=O) groups excluding carboxylic acids is 1. The Kier molecular flexibility index (Phi) is 6.47. The Morgan fingerprint density at radius 2 is 1.97 bits per heavy atom. The summed E-state index contributed by atoms with van der Waals surface area (Å²) in [6, 6.07) is 3.80. The summed E-state index contributed by atoms with van der Waals surface area (Å²) in [6.07, 6.45) is 6.00. The van der Waals surface area contributed by atoms with Gasteiger partial charge in [0.2, 0.25) is 5.95 Å². The molecule has 1 aliphatic rings. The zero-order valence-electron chi connectivity index (χ0n) is 18.0. The summed E-state index contributed by atoms with van der Waals surface area (Å²) >= 11 is 5.79. The van der Waals surface area contributed by atoms with E-state index in [1.54, 1.807) is 11.1 Å². The molecule has 0 aromatic carbocycles. The van der Waals surface area contributed by atoms with Crippen molar-refractivity contribution in [3.05, 3.63) is 41.3 Å². The molecule has 1 amide bonds. The van der Waals surface area contributed by atoms with E-state index in [0.29, 0.717) is 23.4 Å². The number of nitrogens with zero attached hydrogens (tertiary/aromatic N) is 4. The maximum absolute atomic E-state index is 12.7. The highest BCUT2D eigenvalue weighted by molar-refractivity contribution is 6.30. The molecule has 1 unspecified atom stereocenters. The van der Waals surface area contributed by atoms with Gasteiger partial charge < -0.3 is 14.8 Å². The topological polar surface area (TPSA) is 89.5 Å². The molecular formula is C21H28ClN5O3. The van der Waals surface area contributed by atoms with Gasteiger partial charge in [-0.1, -0.05) is 17.7 Å². The first kappa shape index (κ1) is 22.2. The van der Waals surface area contributed by atoms with Crippen LogP contribution in [0.25, 0.3) is 0 Å². The van der Waals surface area contributed by atoms with E-state index in [9.17, 15) is 4.79 Å². The summed E-state index contributed by atoms with van der Waals surface area (Å²) in [5, 5.41) is 3.50. The first-order valence-corrected chi connectivity index (χ1v) is 10.3. The smallest absolute Gasteiger partial charge is 0.412 e. The molecule has 0 spiro atoms. The molecule has 1 fully saturated rings. The SMILES string of the molecule is CC(C)(C)OC(=O)N1C(CCc2ccc(Nc3ncc(Cl)cn3)nc2)COC1(C)C. The normalized spacial score (nSPS) is 18.3. The Morgan fingerprint density at radius 3 is 2.57 bits per heavy atom. The Bertz CT molecular complexity index is 866. The Labute approximate surface area is 182 Å². The number of hydrogen-bond donors (Lipinski definition) is 1. The summed E-state index contributed by atoms with van der Waals surface area (Å²) in [4.78, 5) is 27.0. The van der Waals surface area contributed by atoms with Crippen LogP contribution in [-0.4, -0.2) is 49.9 Å². The molecule has 1 aliphatic heterocycles. The minimum absolute atomic E-state index is 0.0601. The van der Waals surface area contributed by atoms with Crippen LogP contribution in [0, 0.1) is 0 Å². The molecule has 1 atom stereocenters. The zero-order valence-corrected chi connectivity index (χ0v) is 18.7. The monoisotopic (exact) mass is 433 g/mol. The van der Waals surface area contributed by atoms with Gasteiger partial charge in [0.25, 0.3) is 0 Å². The fourth-order valence-corrected chi connectivity index (χ4v) is 3.34. The van der Waals surface area contributed by atoms with Gasteiger partial charge in [-0.25, -0.2) is 19.7 Å². The third kappa shape index (κ3) is 5.79. The highest BCUT2D eigenvalue weighted by Gasteiger charge is 2.45. The van der Waals surface area contributed by atoms with Gasteiger partial charge in [-0.3, -0.25) is 4.90 Å². The maximum Gasteiger partial charge on any atom is 0.412 e. The predicted octanol–water partition coefficient (Wildman–Crippen LogP) is 4.57. The lowest BCUT2D eigenvalue weighted by atomic mass is 10.1. The molecule has 0 aliphatic carbocycles. The van der Waals surface area contributed by atoms with Gasteiger partial charge in [0.05, 0.1) is 30.1 Å². The van der Waals surface area contributed by atoms with E-state index >= 15 is 0 Å². The fourth-order valence-electron chi connectivity index (χ4n) is 3.25. The van der Waals surface area contributed by atoms with Gasteiger partial charge in [0.1, 0.15) is 17.1 Å². The number of amides is 1. The second-order valence-electron chi connectivity index (χ2n) is 8.70. The van der Waals surface area contributed by atoms with E-state index in [1.807, 2.05) is 46.8 Å². The molecule has 2 aromatic rings. The average Bonchev–Trinajstić information content (AvgIpc) is 2.96. The van der Waals surface area contributed by atoms with Crippen LogP contribution >= 0.6 is 11.6 Å². The molecule has 0 radical (unpaired) electrons. The van der Waals surface area contributed by atoms with Crippen molar-refractivity contribution in [2.45, 2.75) is 64.8 Å². The number of carbonyl (C=O) groups is 1. The zero-order chi connectivity index (χ0) is 21.9. The predicted molar refractivity (Wildman–Crippen MR) is 115 cm³/mol. The number of anilines is 2. The third-order valence-electron chi connectivity index (χ3n) is 4.62. The van der Waals surface area contributed by atoms with Gasteiger partial charge in [-0.15, -0.1) is 0 Å². The Hall–Kier alpha value is -2.45. The number of nitrogens with one attached hydrogen (secondary N) is 1. The van der Waals surface area contributed by atoms with E-state index < -0.39 is 11.3 Å². The van der Waals surface area contributed by atoms with Gasteiger partial charge in [0.15, 0.2) is 0 Å². The largest absolute Gasteiger partial charge is 0.444 e. The van der Waals surface area contributed by atoms with Crippen molar-refractivity contribution >= 4 is 29.5 Å². The van der Waals surface area contributed by atoms with E-state index in [4.69, 9.17) is 21.1 Å². The number of ether oxygens (including phenoxy) is 2. The minimum atomic E-state index is -0.697. The lowest BCUT2D eigenvalue weighted by Gasteiger charge is -2.35.